The zero-order valence-electron chi connectivity index (χ0n) is 12.9. The lowest BCUT2D eigenvalue weighted by atomic mass is 9.99. The highest BCUT2D eigenvalue weighted by molar-refractivity contribution is 5.92. The molecule has 2 unspecified atom stereocenters. The summed E-state index contributed by atoms with van der Waals surface area (Å²) >= 11 is 0. The third-order valence-electron chi connectivity index (χ3n) is 4.40. The largest absolute Gasteiger partial charge is 0.355 e. The van der Waals surface area contributed by atoms with Crippen LogP contribution in [0.4, 0.5) is 0 Å². The molecule has 1 saturated carbocycles. The van der Waals surface area contributed by atoms with Gasteiger partial charge in [-0.3, -0.25) is 9.59 Å². The lowest BCUT2D eigenvalue weighted by Gasteiger charge is -2.30. The molecule has 5 heteroatoms. The van der Waals surface area contributed by atoms with E-state index in [0.717, 1.165) is 44.8 Å². The summed E-state index contributed by atoms with van der Waals surface area (Å²) in [4.78, 5) is 28.2. The van der Waals surface area contributed by atoms with Crippen molar-refractivity contribution in [2.75, 3.05) is 40.3 Å². The first-order valence-electron chi connectivity index (χ1n) is 7.70. The number of likely N-dealkylation sites (tertiary alicyclic amines) is 1. The van der Waals surface area contributed by atoms with Crippen molar-refractivity contribution in [3.8, 4) is 0 Å². The van der Waals surface area contributed by atoms with Gasteiger partial charge in [0.05, 0.1) is 11.8 Å². The summed E-state index contributed by atoms with van der Waals surface area (Å²) in [5, 5.41) is 2.92. The average molecular weight is 281 g/mol. The minimum absolute atomic E-state index is 0.0515. The third kappa shape index (κ3) is 3.95. The van der Waals surface area contributed by atoms with Crippen LogP contribution in [0.15, 0.2) is 0 Å². The minimum atomic E-state index is -0.0796. The molecule has 114 valence electrons. The number of rotatable bonds is 5. The minimum Gasteiger partial charge on any atom is -0.355 e. The maximum atomic E-state index is 12.3. The maximum absolute atomic E-state index is 12.3. The van der Waals surface area contributed by atoms with Crippen LogP contribution in [0.5, 0.6) is 0 Å². The molecule has 0 bridgehead atoms. The molecule has 20 heavy (non-hydrogen) atoms. The first-order valence-corrected chi connectivity index (χ1v) is 7.70. The molecule has 2 aliphatic rings. The first kappa shape index (κ1) is 15.3. The number of nitrogens with zero attached hydrogens (tertiary/aromatic N) is 2. The maximum Gasteiger partial charge on any atom is 0.226 e. The number of carbonyl (C=O) groups excluding carboxylic acids is 2. The molecular formula is C15H27N3O2. The molecule has 2 fully saturated rings. The number of amides is 2. The summed E-state index contributed by atoms with van der Waals surface area (Å²) in [7, 11) is 3.96. The van der Waals surface area contributed by atoms with Crippen LogP contribution < -0.4 is 5.32 Å². The van der Waals surface area contributed by atoms with E-state index in [2.05, 4.69) is 12.2 Å². The van der Waals surface area contributed by atoms with Gasteiger partial charge in [0.15, 0.2) is 0 Å². The first-order chi connectivity index (χ1) is 9.49. The molecule has 0 radical (unpaired) electrons. The van der Waals surface area contributed by atoms with Crippen molar-refractivity contribution >= 4 is 11.8 Å². The monoisotopic (exact) mass is 281 g/mol. The molecule has 1 saturated heterocycles. The van der Waals surface area contributed by atoms with Crippen LogP contribution in [-0.4, -0.2) is 61.9 Å². The highest BCUT2D eigenvalue weighted by Gasteiger charge is 2.49. The molecule has 2 rings (SSSR count). The predicted octanol–water partition coefficient (Wildman–Crippen LogP) is 0.559. The number of hydrogen-bond donors (Lipinski definition) is 1. The van der Waals surface area contributed by atoms with Gasteiger partial charge in [0, 0.05) is 26.2 Å². The average Bonchev–Trinajstić information content (AvgIpc) is 3.18. The third-order valence-corrected chi connectivity index (χ3v) is 4.40. The standard InChI is InChI=1S/C15H27N3O2/c1-11-4-7-18(8-5-11)15(20)13-10-12(13)14(19)16-6-9-17(2)3/h11-13H,4-10H2,1-3H3,(H,16,19). The number of carbonyl (C=O) groups is 2. The lowest BCUT2D eigenvalue weighted by molar-refractivity contribution is -0.135. The van der Waals surface area contributed by atoms with Crippen LogP contribution in [0.25, 0.3) is 0 Å². The smallest absolute Gasteiger partial charge is 0.226 e. The highest BCUT2D eigenvalue weighted by atomic mass is 16.2. The van der Waals surface area contributed by atoms with Gasteiger partial charge in [-0.25, -0.2) is 0 Å². The Kier molecular flexibility index (Phi) is 5.02. The zero-order chi connectivity index (χ0) is 14.7. The number of piperidine rings is 1. The number of hydrogen-bond acceptors (Lipinski definition) is 3. The van der Waals surface area contributed by atoms with E-state index < -0.39 is 0 Å². The summed E-state index contributed by atoms with van der Waals surface area (Å²) < 4.78 is 0. The van der Waals surface area contributed by atoms with E-state index in [1.165, 1.54) is 0 Å². The van der Waals surface area contributed by atoms with Gasteiger partial charge in [0.1, 0.15) is 0 Å². The predicted molar refractivity (Wildman–Crippen MR) is 78.1 cm³/mol. The summed E-state index contributed by atoms with van der Waals surface area (Å²) in [5.74, 6) is 0.843. The fraction of sp³-hybridized carbons (Fsp3) is 0.867. The fourth-order valence-electron chi connectivity index (χ4n) is 2.75. The van der Waals surface area contributed by atoms with Crippen LogP contribution in [0.3, 0.4) is 0 Å². The molecule has 0 aromatic rings. The summed E-state index contributed by atoms with van der Waals surface area (Å²) in [6.45, 7) is 5.46. The normalized spacial score (nSPS) is 26.7. The fourth-order valence-corrected chi connectivity index (χ4v) is 2.75. The Balaban J connectivity index is 1.71. The number of likely N-dealkylation sites (N-methyl/N-ethyl adjacent to an activating group) is 1. The van der Waals surface area contributed by atoms with Gasteiger partial charge in [0.25, 0.3) is 0 Å². The Bertz CT molecular complexity index is 362. The molecule has 0 aromatic carbocycles. The highest BCUT2D eigenvalue weighted by Crippen LogP contribution is 2.40. The van der Waals surface area contributed by atoms with E-state index in [0.29, 0.717) is 6.54 Å². The Morgan fingerprint density at radius 2 is 1.85 bits per heavy atom. The van der Waals surface area contributed by atoms with E-state index in [1.54, 1.807) is 0 Å². The van der Waals surface area contributed by atoms with E-state index in [1.807, 2.05) is 23.9 Å². The molecule has 1 aliphatic heterocycles. The molecule has 1 heterocycles. The van der Waals surface area contributed by atoms with Crippen LogP contribution in [0.1, 0.15) is 26.2 Å². The van der Waals surface area contributed by atoms with E-state index >= 15 is 0 Å². The van der Waals surface area contributed by atoms with Crippen molar-refractivity contribution in [1.29, 1.82) is 0 Å². The summed E-state index contributed by atoms with van der Waals surface area (Å²) in [6.07, 6.45) is 2.93. The van der Waals surface area contributed by atoms with Crippen molar-refractivity contribution in [3.05, 3.63) is 0 Å². The van der Waals surface area contributed by atoms with E-state index in [-0.39, 0.29) is 23.7 Å². The van der Waals surface area contributed by atoms with Gasteiger partial charge < -0.3 is 15.1 Å². The van der Waals surface area contributed by atoms with Gasteiger partial charge >= 0.3 is 0 Å². The van der Waals surface area contributed by atoms with Crippen LogP contribution >= 0.6 is 0 Å². The van der Waals surface area contributed by atoms with Crippen molar-refractivity contribution < 1.29 is 9.59 Å². The molecule has 0 aromatic heterocycles. The zero-order valence-corrected chi connectivity index (χ0v) is 12.9. The summed E-state index contributed by atoms with van der Waals surface area (Å²) in [6, 6.07) is 0. The van der Waals surface area contributed by atoms with Crippen LogP contribution in [0, 0.1) is 17.8 Å². The second-order valence-electron chi connectivity index (χ2n) is 6.55. The Labute approximate surface area is 121 Å². The van der Waals surface area contributed by atoms with E-state index in [4.69, 9.17) is 0 Å². The van der Waals surface area contributed by atoms with Crippen LogP contribution in [-0.2, 0) is 9.59 Å². The quantitative estimate of drug-likeness (QED) is 0.801. The van der Waals surface area contributed by atoms with Crippen molar-refractivity contribution in [2.24, 2.45) is 17.8 Å². The van der Waals surface area contributed by atoms with Crippen molar-refractivity contribution in [2.45, 2.75) is 26.2 Å². The summed E-state index contributed by atoms with van der Waals surface area (Å²) in [5.41, 5.74) is 0. The molecule has 0 spiro atoms. The van der Waals surface area contributed by atoms with Gasteiger partial charge in [0.2, 0.25) is 11.8 Å². The Morgan fingerprint density at radius 3 is 2.45 bits per heavy atom. The second-order valence-corrected chi connectivity index (χ2v) is 6.55. The second kappa shape index (κ2) is 6.57. The lowest BCUT2D eigenvalue weighted by Crippen LogP contribution is -2.40. The Hall–Kier alpha value is -1.10. The number of nitrogens with one attached hydrogen (secondary N) is 1. The molecule has 2 atom stereocenters. The van der Waals surface area contributed by atoms with Crippen molar-refractivity contribution in [3.63, 3.8) is 0 Å². The van der Waals surface area contributed by atoms with Crippen LogP contribution in [0.2, 0.25) is 0 Å². The Morgan fingerprint density at radius 1 is 1.20 bits per heavy atom. The van der Waals surface area contributed by atoms with E-state index in [9.17, 15) is 9.59 Å². The molecule has 1 N–H and O–H groups in total. The molecule has 5 nitrogen and oxygen atoms in total. The molecular weight excluding hydrogens is 254 g/mol. The topological polar surface area (TPSA) is 52.7 Å². The SMILES string of the molecule is CC1CCN(C(=O)C2CC2C(=O)NCCN(C)C)CC1. The van der Waals surface area contributed by atoms with Gasteiger partial charge in [-0.15, -0.1) is 0 Å². The van der Waals surface area contributed by atoms with Crippen molar-refractivity contribution in [1.82, 2.24) is 15.1 Å². The van der Waals surface area contributed by atoms with Gasteiger partial charge in [-0.1, -0.05) is 6.92 Å². The molecule has 1 aliphatic carbocycles. The van der Waals surface area contributed by atoms with Gasteiger partial charge in [-0.05, 0) is 39.3 Å². The van der Waals surface area contributed by atoms with Gasteiger partial charge in [-0.2, -0.15) is 0 Å². The molecule has 2 amide bonds.